The molecule has 2 aliphatic heterocycles. The molecule has 4 rings (SSSR count). The van der Waals surface area contributed by atoms with E-state index in [2.05, 4.69) is 0 Å². The molecule has 2 heterocycles. The highest BCUT2D eigenvalue weighted by molar-refractivity contribution is 8.04. The van der Waals surface area contributed by atoms with Gasteiger partial charge in [0.25, 0.3) is 5.69 Å². The molecule has 2 aromatic carbocycles. The number of β-lactam (4-membered cyclic amide) rings is 1. The molecular formula is C25H24N2O9S. The first-order valence-electron chi connectivity index (χ1n) is 11.2. The van der Waals surface area contributed by atoms with Crippen molar-refractivity contribution in [3.8, 4) is 17.2 Å². The van der Waals surface area contributed by atoms with Gasteiger partial charge in [0.2, 0.25) is 5.91 Å². The highest BCUT2D eigenvalue weighted by atomic mass is 32.2. The molecule has 37 heavy (non-hydrogen) atoms. The van der Waals surface area contributed by atoms with Crippen LogP contribution < -0.4 is 14.2 Å². The van der Waals surface area contributed by atoms with Crippen molar-refractivity contribution in [2.45, 2.75) is 25.0 Å². The lowest BCUT2D eigenvalue weighted by atomic mass is 9.92. The number of amides is 1. The van der Waals surface area contributed by atoms with Gasteiger partial charge in [0.05, 0.1) is 24.1 Å². The second-order valence-electron chi connectivity index (χ2n) is 8.24. The maximum absolute atomic E-state index is 12.3. The number of non-ortho nitro benzene ring substituents is 1. The van der Waals surface area contributed by atoms with Crippen molar-refractivity contribution in [3.63, 3.8) is 0 Å². The number of fused-ring (bicyclic) bond motifs is 1. The van der Waals surface area contributed by atoms with Crippen molar-refractivity contribution in [2.24, 2.45) is 5.92 Å². The summed E-state index contributed by atoms with van der Waals surface area (Å²) >= 11 is 1.23. The first-order valence-corrected chi connectivity index (χ1v) is 12.1. The first kappa shape index (κ1) is 26.0. The fraction of sp³-hybridized carbons (Fsp3) is 0.280. The number of benzene rings is 2. The van der Waals surface area contributed by atoms with Crippen LogP contribution in [0.2, 0.25) is 0 Å². The fourth-order valence-corrected chi connectivity index (χ4v) is 5.51. The molecule has 2 aromatic rings. The Morgan fingerprint density at radius 1 is 1.22 bits per heavy atom. The smallest absolute Gasteiger partial charge is 0.353 e. The van der Waals surface area contributed by atoms with E-state index in [1.54, 1.807) is 30.4 Å². The average Bonchev–Trinajstić information content (AvgIpc) is 3.19. The number of nitrogens with zero attached hydrogens (tertiary/aromatic N) is 2. The summed E-state index contributed by atoms with van der Waals surface area (Å²) in [4.78, 5) is 35.9. The molecular weight excluding hydrogens is 504 g/mol. The number of carbonyl (C=O) groups is 2. The molecule has 0 aromatic heterocycles. The summed E-state index contributed by atoms with van der Waals surface area (Å²) in [6.07, 6.45) is 2.37. The average molecular weight is 529 g/mol. The van der Waals surface area contributed by atoms with Crippen molar-refractivity contribution in [2.75, 3.05) is 13.7 Å². The summed E-state index contributed by atoms with van der Waals surface area (Å²) in [5.74, 6) is -0.817. The number of carbonyl (C=O) groups excluding carboxylic acids is 1. The molecule has 0 radical (unpaired) electrons. The molecule has 0 unspecified atom stereocenters. The van der Waals surface area contributed by atoms with Crippen LogP contribution in [-0.2, 0) is 16.2 Å². The van der Waals surface area contributed by atoms with Crippen molar-refractivity contribution in [1.29, 1.82) is 0 Å². The van der Waals surface area contributed by atoms with E-state index in [9.17, 15) is 29.9 Å². The maximum Gasteiger partial charge on any atom is 0.353 e. The summed E-state index contributed by atoms with van der Waals surface area (Å²) < 4.78 is 16.8. The molecule has 0 spiro atoms. The Kier molecular flexibility index (Phi) is 7.69. The van der Waals surface area contributed by atoms with Gasteiger partial charge in [-0.05, 0) is 48.9 Å². The van der Waals surface area contributed by atoms with Crippen molar-refractivity contribution in [1.82, 2.24) is 4.90 Å². The quantitative estimate of drug-likeness (QED) is 0.253. The number of hydrogen-bond donors (Lipinski definition) is 2. The summed E-state index contributed by atoms with van der Waals surface area (Å²) in [7, 11) is 1.50. The highest BCUT2D eigenvalue weighted by Gasteiger charge is 2.57. The molecule has 0 bridgehead atoms. The maximum atomic E-state index is 12.3. The van der Waals surface area contributed by atoms with Gasteiger partial charge in [0, 0.05) is 17.0 Å². The molecule has 3 atom stereocenters. The van der Waals surface area contributed by atoms with Crippen molar-refractivity contribution in [3.05, 3.63) is 80.9 Å². The zero-order valence-corrected chi connectivity index (χ0v) is 20.7. The third-order valence-electron chi connectivity index (χ3n) is 5.81. The topological polar surface area (TPSA) is 149 Å². The third kappa shape index (κ3) is 5.39. The van der Waals surface area contributed by atoms with Gasteiger partial charge in [-0.15, -0.1) is 0 Å². The van der Waals surface area contributed by atoms with E-state index in [0.29, 0.717) is 22.2 Å². The van der Waals surface area contributed by atoms with Gasteiger partial charge in [-0.25, -0.2) is 4.79 Å². The Bertz CT molecular complexity index is 1270. The lowest BCUT2D eigenvalue weighted by molar-refractivity contribution is -0.384. The lowest BCUT2D eigenvalue weighted by Gasteiger charge is -2.43. The van der Waals surface area contributed by atoms with E-state index >= 15 is 0 Å². The minimum atomic E-state index is -1.21. The van der Waals surface area contributed by atoms with E-state index in [0.717, 1.165) is 5.56 Å². The zero-order valence-electron chi connectivity index (χ0n) is 19.9. The molecule has 2 aliphatic rings. The van der Waals surface area contributed by atoms with Gasteiger partial charge in [-0.3, -0.25) is 19.8 Å². The summed E-state index contributed by atoms with van der Waals surface area (Å²) in [5, 5.41) is 29.7. The van der Waals surface area contributed by atoms with Crippen LogP contribution in [0.15, 0.2) is 65.2 Å². The Balaban J connectivity index is 1.36. The van der Waals surface area contributed by atoms with Crippen LogP contribution in [0.25, 0.3) is 0 Å². The van der Waals surface area contributed by atoms with Crippen LogP contribution in [0.5, 0.6) is 17.2 Å². The monoisotopic (exact) mass is 528 g/mol. The normalized spacial score (nSPS) is 19.4. The minimum Gasteiger partial charge on any atom is -0.493 e. The SMILES string of the molecule is COc1cc(COc2ccc([N+](=O)[O-])cc2)ccc1OC/C=C/C1=C(C(=O)O)N2C(=O)[C@H]([C@@H](C)O)[C@H]2S1. The number of ether oxygens (including phenoxy) is 3. The molecule has 1 amide bonds. The van der Waals surface area contributed by atoms with Gasteiger partial charge in [0.1, 0.15) is 30.0 Å². The molecule has 2 N–H and O–H groups in total. The van der Waals surface area contributed by atoms with Gasteiger partial charge < -0.3 is 24.4 Å². The molecule has 11 nitrogen and oxygen atoms in total. The second kappa shape index (κ2) is 10.9. The number of rotatable bonds is 11. The number of aliphatic carboxylic acids is 1. The second-order valence-corrected chi connectivity index (χ2v) is 9.40. The number of carboxylic acids is 1. The standard InChI is InChI=1S/C25H24N2O9S/c1-14(28)21-23(29)26-22(25(30)31)20(37-24(21)26)4-3-11-35-18-10-5-15(12-19(18)34-2)13-36-17-8-6-16(7-9-17)27(32)33/h3-10,12,14,21,24,28H,11,13H2,1-2H3,(H,30,31)/b4-3+/t14-,21+,24-/m1/s1. The predicted molar refractivity (Wildman–Crippen MR) is 133 cm³/mol. The number of carboxylic acid groups (broad SMARTS) is 1. The van der Waals surface area contributed by atoms with Crippen molar-refractivity contribution < 1.29 is 38.9 Å². The Labute approximate surface area is 216 Å². The summed E-state index contributed by atoms with van der Waals surface area (Å²) in [5.41, 5.74) is 0.676. The van der Waals surface area contributed by atoms with E-state index in [4.69, 9.17) is 14.2 Å². The zero-order chi connectivity index (χ0) is 26.7. The number of thioether (sulfide) groups is 1. The predicted octanol–water partition coefficient (Wildman–Crippen LogP) is 3.33. The van der Waals surface area contributed by atoms with Gasteiger partial charge in [-0.1, -0.05) is 17.8 Å². The van der Waals surface area contributed by atoms with Crippen LogP contribution in [0.1, 0.15) is 12.5 Å². The molecule has 1 fully saturated rings. The molecule has 12 heteroatoms. The van der Waals surface area contributed by atoms with Crippen LogP contribution in [0.3, 0.4) is 0 Å². The van der Waals surface area contributed by atoms with E-state index in [1.165, 1.54) is 55.0 Å². The lowest BCUT2D eigenvalue weighted by Crippen LogP contribution is -2.60. The Morgan fingerprint density at radius 3 is 2.57 bits per heavy atom. The van der Waals surface area contributed by atoms with Gasteiger partial charge in [-0.2, -0.15) is 0 Å². The van der Waals surface area contributed by atoms with E-state index in [1.807, 2.05) is 0 Å². The van der Waals surface area contributed by atoms with Crippen LogP contribution >= 0.6 is 11.8 Å². The molecule has 0 saturated carbocycles. The third-order valence-corrected chi connectivity index (χ3v) is 7.14. The summed E-state index contributed by atoms with van der Waals surface area (Å²) in [6, 6.07) is 11.0. The van der Waals surface area contributed by atoms with Gasteiger partial charge in [0.15, 0.2) is 11.5 Å². The molecule has 0 aliphatic carbocycles. The van der Waals surface area contributed by atoms with Gasteiger partial charge >= 0.3 is 5.97 Å². The molecule has 1 saturated heterocycles. The number of methoxy groups -OCH3 is 1. The molecule has 194 valence electrons. The first-order chi connectivity index (χ1) is 17.7. The number of aliphatic hydroxyl groups excluding tert-OH is 1. The van der Waals surface area contributed by atoms with Crippen LogP contribution in [0, 0.1) is 16.0 Å². The Hall–Kier alpha value is -4.03. The number of aliphatic hydroxyl groups is 1. The van der Waals surface area contributed by atoms with Crippen LogP contribution in [0.4, 0.5) is 5.69 Å². The van der Waals surface area contributed by atoms with E-state index < -0.39 is 34.2 Å². The highest BCUT2D eigenvalue weighted by Crippen LogP contribution is 2.50. The number of allylic oxidation sites excluding steroid dienone is 1. The number of hydrogen-bond acceptors (Lipinski definition) is 9. The largest absolute Gasteiger partial charge is 0.493 e. The van der Waals surface area contributed by atoms with Crippen LogP contribution in [-0.4, -0.2) is 57.1 Å². The number of nitro benzene ring substituents is 1. The summed E-state index contributed by atoms with van der Waals surface area (Å²) in [6.45, 7) is 1.84. The fourth-order valence-electron chi connectivity index (χ4n) is 3.97. The Morgan fingerprint density at radius 2 is 1.95 bits per heavy atom. The van der Waals surface area contributed by atoms with E-state index in [-0.39, 0.29) is 24.6 Å². The minimum absolute atomic E-state index is 0.0196. The number of nitro groups is 1. The van der Waals surface area contributed by atoms with Crippen molar-refractivity contribution >= 4 is 29.3 Å².